The highest BCUT2D eigenvalue weighted by Crippen LogP contribution is 2.24. The first-order valence-electron chi connectivity index (χ1n) is 7.28. The number of nitrogens with one attached hydrogen (secondary N) is 1. The van der Waals surface area contributed by atoms with Gasteiger partial charge >= 0.3 is 0 Å². The van der Waals surface area contributed by atoms with Crippen molar-refractivity contribution in [1.29, 1.82) is 5.26 Å². The Morgan fingerprint density at radius 2 is 1.90 bits per heavy atom. The molecule has 3 nitrogen and oxygen atoms in total. The highest BCUT2D eigenvalue weighted by Gasteiger charge is 2.11. The van der Waals surface area contributed by atoms with E-state index in [1.807, 2.05) is 19.9 Å². The van der Waals surface area contributed by atoms with Gasteiger partial charge in [0.05, 0.1) is 16.9 Å². The van der Waals surface area contributed by atoms with Gasteiger partial charge in [0.15, 0.2) is 0 Å². The van der Waals surface area contributed by atoms with Crippen molar-refractivity contribution < 1.29 is 0 Å². The van der Waals surface area contributed by atoms with Crippen LogP contribution in [0.2, 0.25) is 0 Å². The SMILES string of the molecule is CCc1ccc(C(C)Nc2cc(C)nc(C)c2C#N)cc1. The average Bonchev–Trinajstić information content (AvgIpc) is 2.47. The normalized spacial score (nSPS) is 11.8. The topological polar surface area (TPSA) is 48.7 Å². The highest BCUT2D eigenvalue weighted by atomic mass is 14.9. The second-order valence-corrected chi connectivity index (χ2v) is 5.34. The molecule has 0 saturated carbocycles. The first kappa shape index (κ1) is 15.1. The Balaban J connectivity index is 2.26. The number of aryl methyl sites for hydroxylation is 3. The summed E-state index contributed by atoms with van der Waals surface area (Å²) in [4.78, 5) is 4.35. The molecule has 2 rings (SSSR count). The van der Waals surface area contributed by atoms with E-state index in [0.717, 1.165) is 23.5 Å². The van der Waals surface area contributed by atoms with Gasteiger partial charge in [0.1, 0.15) is 6.07 Å². The Labute approximate surface area is 126 Å². The zero-order valence-electron chi connectivity index (χ0n) is 13.1. The van der Waals surface area contributed by atoms with Crippen LogP contribution in [0.4, 0.5) is 5.69 Å². The number of nitrogens with zero attached hydrogens (tertiary/aromatic N) is 2. The molecule has 0 aliphatic carbocycles. The largest absolute Gasteiger partial charge is 0.377 e. The number of hydrogen-bond donors (Lipinski definition) is 1. The summed E-state index contributed by atoms with van der Waals surface area (Å²) in [6.07, 6.45) is 1.05. The van der Waals surface area contributed by atoms with E-state index in [1.165, 1.54) is 11.1 Å². The van der Waals surface area contributed by atoms with Gasteiger partial charge in [-0.2, -0.15) is 5.26 Å². The summed E-state index contributed by atoms with van der Waals surface area (Å²) >= 11 is 0. The van der Waals surface area contributed by atoms with Crippen LogP contribution in [0, 0.1) is 25.2 Å². The maximum Gasteiger partial charge on any atom is 0.103 e. The fourth-order valence-corrected chi connectivity index (χ4v) is 2.44. The van der Waals surface area contributed by atoms with Gasteiger partial charge in [0, 0.05) is 11.7 Å². The zero-order valence-corrected chi connectivity index (χ0v) is 13.1. The van der Waals surface area contributed by atoms with E-state index in [0.29, 0.717) is 5.56 Å². The van der Waals surface area contributed by atoms with Crippen LogP contribution in [0.1, 0.15) is 48.0 Å². The standard InChI is InChI=1S/C18H21N3/c1-5-15-6-8-16(9-7-15)13(3)21-18-10-12(2)20-14(4)17(18)11-19/h6-10,13H,5H2,1-4H3,(H,20,21). The molecule has 1 aromatic heterocycles. The third-order valence-corrected chi connectivity index (χ3v) is 3.70. The molecular weight excluding hydrogens is 258 g/mol. The smallest absolute Gasteiger partial charge is 0.103 e. The fourth-order valence-electron chi connectivity index (χ4n) is 2.44. The minimum Gasteiger partial charge on any atom is -0.377 e. The van der Waals surface area contributed by atoms with E-state index in [9.17, 15) is 5.26 Å². The maximum atomic E-state index is 9.31. The lowest BCUT2D eigenvalue weighted by atomic mass is 10.0. The Morgan fingerprint density at radius 1 is 1.24 bits per heavy atom. The molecule has 1 unspecified atom stereocenters. The Bertz CT molecular complexity index is 666. The molecule has 1 heterocycles. The lowest BCUT2D eigenvalue weighted by Gasteiger charge is -2.18. The highest BCUT2D eigenvalue weighted by molar-refractivity contribution is 5.60. The van der Waals surface area contributed by atoms with Crippen LogP contribution >= 0.6 is 0 Å². The van der Waals surface area contributed by atoms with Crippen molar-refractivity contribution >= 4 is 5.69 Å². The van der Waals surface area contributed by atoms with Gasteiger partial charge in [-0.15, -0.1) is 0 Å². The molecular formula is C18H21N3. The Hall–Kier alpha value is -2.34. The number of benzene rings is 1. The summed E-state index contributed by atoms with van der Waals surface area (Å²) in [6, 6.07) is 12.9. The quantitative estimate of drug-likeness (QED) is 0.907. The van der Waals surface area contributed by atoms with Gasteiger partial charge in [-0.3, -0.25) is 4.98 Å². The molecule has 0 aliphatic heterocycles. The van der Waals surface area contributed by atoms with Crippen LogP contribution in [0.15, 0.2) is 30.3 Å². The molecule has 0 saturated heterocycles. The molecule has 0 fully saturated rings. The van der Waals surface area contributed by atoms with Crippen LogP contribution < -0.4 is 5.32 Å². The van der Waals surface area contributed by atoms with Crippen LogP contribution in [0.3, 0.4) is 0 Å². The van der Waals surface area contributed by atoms with Gasteiger partial charge < -0.3 is 5.32 Å². The summed E-state index contributed by atoms with van der Waals surface area (Å²) in [7, 11) is 0. The summed E-state index contributed by atoms with van der Waals surface area (Å²) in [5.41, 5.74) is 5.71. The van der Waals surface area contributed by atoms with Gasteiger partial charge in [-0.05, 0) is 44.4 Å². The van der Waals surface area contributed by atoms with E-state index in [1.54, 1.807) is 0 Å². The van der Waals surface area contributed by atoms with Crippen LogP contribution in [-0.2, 0) is 6.42 Å². The van der Waals surface area contributed by atoms with Crippen molar-refractivity contribution in [3.8, 4) is 6.07 Å². The lowest BCUT2D eigenvalue weighted by molar-refractivity contribution is 0.878. The van der Waals surface area contributed by atoms with E-state index >= 15 is 0 Å². The predicted octanol–water partition coefficient (Wildman–Crippen LogP) is 4.31. The minimum atomic E-state index is 0.143. The molecule has 0 spiro atoms. The van der Waals surface area contributed by atoms with E-state index in [-0.39, 0.29) is 6.04 Å². The summed E-state index contributed by atoms with van der Waals surface area (Å²) in [6.45, 7) is 8.07. The monoisotopic (exact) mass is 279 g/mol. The average molecular weight is 279 g/mol. The fraction of sp³-hybridized carbons (Fsp3) is 0.333. The predicted molar refractivity (Wildman–Crippen MR) is 86.3 cm³/mol. The molecule has 3 heteroatoms. The Morgan fingerprint density at radius 3 is 2.48 bits per heavy atom. The van der Waals surface area contributed by atoms with Crippen LogP contribution in [0.25, 0.3) is 0 Å². The Kier molecular flexibility index (Phi) is 4.59. The molecule has 1 atom stereocenters. The summed E-state index contributed by atoms with van der Waals surface area (Å²) in [5, 5.41) is 12.7. The lowest BCUT2D eigenvalue weighted by Crippen LogP contribution is -2.09. The number of pyridine rings is 1. The summed E-state index contributed by atoms with van der Waals surface area (Å²) in [5.74, 6) is 0. The third-order valence-electron chi connectivity index (χ3n) is 3.70. The second-order valence-electron chi connectivity index (χ2n) is 5.34. The maximum absolute atomic E-state index is 9.31. The van der Waals surface area contributed by atoms with Crippen molar-refractivity contribution in [2.75, 3.05) is 5.32 Å². The van der Waals surface area contributed by atoms with Crippen molar-refractivity contribution in [3.05, 3.63) is 58.4 Å². The molecule has 2 aromatic rings. The number of aromatic nitrogens is 1. The van der Waals surface area contributed by atoms with Gasteiger partial charge in [0.25, 0.3) is 0 Å². The van der Waals surface area contributed by atoms with E-state index < -0.39 is 0 Å². The summed E-state index contributed by atoms with van der Waals surface area (Å²) < 4.78 is 0. The number of rotatable bonds is 4. The molecule has 0 bridgehead atoms. The van der Waals surface area contributed by atoms with Gasteiger partial charge in [-0.1, -0.05) is 31.2 Å². The molecule has 21 heavy (non-hydrogen) atoms. The third kappa shape index (κ3) is 3.41. The van der Waals surface area contributed by atoms with Gasteiger partial charge in [-0.25, -0.2) is 0 Å². The molecule has 1 N–H and O–H groups in total. The first-order chi connectivity index (χ1) is 10.0. The molecule has 0 radical (unpaired) electrons. The van der Waals surface area contributed by atoms with Crippen molar-refractivity contribution in [2.24, 2.45) is 0 Å². The molecule has 0 aliphatic rings. The number of hydrogen-bond acceptors (Lipinski definition) is 3. The number of nitriles is 1. The van der Waals surface area contributed by atoms with Crippen molar-refractivity contribution in [3.63, 3.8) is 0 Å². The van der Waals surface area contributed by atoms with Crippen molar-refractivity contribution in [2.45, 2.75) is 40.2 Å². The number of anilines is 1. The van der Waals surface area contributed by atoms with E-state index in [2.05, 4.69) is 54.5 Å². The van der Waals surface area contributed by atoms with Crippen LogP contribution in [-0.4, -0.2) is 4.98 Å². The van der Waals surface area contributed by atoms with Crippen molar-refractivity contribution in [1.82, 2.24) is 4.98 Å². The molecule has 108 valence electrons. The van der Waals surface area contributed by atoms with Gasteiger partial charge in [0.2, 0.25) is 0 Å². The van der Waals surface area contributed by atoms with E-state index in [4.69, 9.17) is 0 Å². The van der Waals surface area contributed by atoms with Crippen LogP contribution in [0.5, 0.6) is 0 Å². The zero-order chi connectivity index (χ0) is 15.4. The first-order valence-corrected chi connectivity index (χ1v) is 7.28. The molecule has 1 aromatic carbocycles. The minimum absolute atomic E-state index is 0.143. The molecule has 0 amide bonds. The second kappa shape index (κ2) is 6.41.